The summed E-state index contributed by atoms with van der Waals surface area (Å²) >= 11 is 12.5. The summed E-state index contributed by atoms with van der Waals surface area (Å²) < 4.78 is 32.0. The van der Waals surface area contributed by atoms with Gasteiger partial charge in [0.25, 0.3) is 5.91 Å². The van der Waals surface area contributed by atoms with E-state index >= 15 is 0 Å². The molecule has 2 aliphatic rings. The molecule has 1 saturated carbocycles. The fraction of sp³-hybridized carbons (Fsp3) is 0.481. The molecule has 0 bridgehead atoms. The van der Waals surface area contributed by atoms with Gasteiger partial charge >= 0.3 is 5.97 Å². The first-order valence-electron chi connectivity index (χ1n) is 12.2. The third kappa shape index (κ3) is 6.14. The molecule has 37 heavy (non-hydrogen) atoms. The van der Waals surface area contributed by atoms with Crippen LogP contribution in [0.4, 0.5) is 0 Å². The number of carbonyl (C=O) groups excluding carboxylic acids is 1. The Kier molecular flexibility index (Phi) is 7.96. The third-order valence-electron chi connectivity index (χ3n) is 7.02. The lowest BCUT2D eigenvalue weighted by Gasteiger charge is -2.48. The summed E-state index contributed by atoms with van der Waals surface area (Å²) in [6.07, 6.45) is -1.02. The van der Waals surface area contributed by atoms with E-state index in [1.807, 2.05) is 6.07 Å². The summed E-state index contributed by atoms with van der Waals surface area (Å²) in [5.41, 5.74) is 1.36. The quantitative estimate of drug-likeness (QED) is 0.453. The van der Waals surface area contributed by atoms with Gasteiger partial charge in [0.15, 0.2) is 9.84 Å². The fourth-order valence-electron chi connectivity index (χ4n) is 4.76. The van der Waals surface area contributed by atoms with Gasteiger partial charge in [0, 0.05) is 16.1 Å². The molecule has 1 saturated heterocycles. The first kappa shape index (κ1) is 27.9. The van der Waals surface area contributed by atoms with Crippen molar-refractivity contribution in [2.24, 2.45) is 5.92 Å². The van der Waals surface area contributed by atoms with Crippen LogP contribution >= 0.6 is 23.2 Å². The Labute approximate surface area is 227 Å². The lowest BCUT2D eigenvalue weighted by Crippen LogP contribution is -2.58. The molecule has 0 spiro atoms. The predicted molar refractivity (Wildman–Crippen MR) is 142 cm³/mol. The van der Waals surface area contributed by atoms with Gasteiger partial charge in [-0.15, -0.1) is 0 Å². The Balaban J connectivity index is 1.89. The molecule has 1 aliphatic heterocycles. The van der Waals surface area contributed by atoms with E-state index in [0.29, 0.717) is 21.2 Å². The molecule has 2 aromatic carbocycles. The minimum atomic E-state index is -3.61. The summed E-state index contributed by atoms with van der Waals surface area (Å²) in [6, 6.07) is 12.6. The van der Waals surface area contributed by atoms with E-state index in [1.165, 1.54) is 0 Å². The second-order valence-electron chi connectivity index (χ2n) is 10.7. The molecule has 1 unspecified atom stereocenters. The molecule has 2 aromatic rings. The van der Waals surface area contributed by atoms with Crippen molar-refractivity contribution >= 4 is 44.9 Å². The Morgan fingerprint density at radius 3 is 2.27 bits per heavy atom. The standard InChI is InChI=1S/C27H31Cl2NO6S/c1-27(2,3)37(34,35)15-21(16-7-8-16)30-24(17-9-11-19(28)12-10-17)25(18-5-4-6-20(29)13-18)36-22(26(30)33)14-23(31)32/h4-6,9-13,16,21-22,24-25H,7-8,14-15H2,1-3H3,(H,31,32)/t21?,22-,24+,25+/m0/s1. The molecule has 1 amide bonds. The lowest BCUT2D eigenvalue weighted by atomic mass is 9.89. The molecule has 200 valence electrons. The summed E-state index contributed by atoms with van der Waals surface area (Å²) in [6.45, 7) is 4.93. The van der Waals surface area contributed by atoms with E-state index in [9.17, 15) is 23.1 Å². The smallest absolute Gasteiger partial charge is 0.306 e. The van der Waals surface area contributed by atoms with Gasteiger partial charge in [-0.1, -0.05) is 47.5 Å². The highest BCUT2D eigenvalue weighted by Crippen LogP contribution is 2.48. The third-order valence-corrected chi connectivity index (χ3v) is 10.2. The number of aliphatic carboxylic acids is 1. The van der Waals surface area contributed by atoms with Gasteiger partial charge in [-0.25, -0.2) is 8.42 Å². The van der Waals surface area contributed by atoms with E-state index < -0.39 is 57.2 Å². The van der Waals surface area contributed by atoms with Crippen LogP contribution in [-0.2, 0) is 24.2 Å². The summed E-state index contributed by atoms with van der Waals surface area (Å²) in [7, 11) is -3.61. The van der Waals surface area contributed by atoms with E-state index in [4.69, 9.17) is 27.9 Å². The number of carboxylic acid groups (broad SMARTS) is 1. The van der Waals surface area contributed by atoms with E-state index in [2.05, 4.69) is 0 Å². The average Bonchev–Trinajstić information content (AvgIpc) is 3.64. The zero-order chi connectivity index (χ0) is 27.1. The number of nitrogens with zero attached hydrogens (tertiary/aromatic N) is 1. The number of rotatable bonds is 8. The minimum absolute atomic E-state index is 0.0144. The molecule has 1 aliphatic carbocycles. The van der Waals surface area contributed by atoms with Crippen LogP contribution in [0, 0.1) is 5.92 Å². The van der Waals surface area contributed by atoms with Crippen LogP contribution in [0.25, 0.3) is 0 Å². The van der Waals surface area contributed by atoms with Crippen molar-refractivity contribution in [3.05, 3.63) is 69.7 Å². The van der Waals surface area contributed by atoms with E-state index in [0.717, 1.165) is 12.8 Å². The zero-order valence-corrected chi connectivity index (χ0v) is 23.3. The van der Waals surface area contributed by atoms with Crippen molar-refractivity contribution in [2.45, 2.75) is 69.1 Å². The van der Waals surface area contributed by atoms with Gasteiger partial charge in [-0.05, 0) is 74.9 Å². The molecule has 1 heterocycles. The molecule has 2 fully saturated rings. The topological polar surface area (TPSA) is 101 Å². The van der Waals surface area contributed by atoms with Crippen LogP contribution in [-0.4, -0.2) is 52.9 Å². The summed E-state index contributed by atoms with van der Waals surface area (Å²) in [4.78, 5) is 27.2. The number of sulfone groups is 1. The SMILES string of the molecule is CC(C)(C)S(=O)(=O)CC(C1CC1)N1C(=O)[C@H](CC(=O)O)O[C@H](c2cccc(Cl)c2)[C@H]1c1ccc(Cl)cc1. The Bertz CT molecular complexity index is 1270. The van der Waals surface area contributed by atoms with Crippen molar-refractivity contribution in [2.75, 3.05) is 5.75 Å². The molecule has 4 rings (SSSR count). The second kappa shape index (κ2) is 10.6. The number of ether oxygens (including phenoxy) is 1. The van der Waals surface area contributed by atoms with Crippen molar-refractivity contribution in [3.8, 4) is 0 Å². The lowest BCUT2D eigenvalue weighted by molar-refractivity contribution is -0.183. The normalized spacial score (nSPS) is 23.6. The van der Waals surface area contributed by atoms with Gasteiger partial charge in [-0.3, -0.25) is 9.59 Å². The predicted octanol–water partition coefficient (Wildman–Crippen LogP) is 5.47. The van der Waals surface area contributed by atoms with Crippen molar-refractivity contribution in [1.29, 1.82) is 0 Å². The molecular weight excluding hydrogens is 537 g/mol. The first-order chi connectivity index (χ1) is 17.3. The molecule has 10 heteroatoms. The Hall–Kier alpha value is -2.13. The Morgan fingerprint density at radius 1 is 1.08 bits per heavy atom. The maximum Gasteiger partial charge on any atom is 0.306 e. The van der Waals surface area contributed by atoms with Crippen LogP contribution < -0.4 is 0 Å². The van der Waals surface area contributed by atoms with Crippen LogP contribution in [0.5, 0.6) is 0 Å². The number of hydrogen-bond donors (Lipinski definition) is 1. The molecule has 1 N–H and O–H groups in total. The molecule has 4 atom stereocenters. The maximum absolute atomic E-state index is 14.0. The zero-order valence-electron chi connectivity index (χ0n) is 20.9. The highest BCUT2D eigenvalue weighted by molar-refractivity contribution is 7.92. The van der Waals surface area contributed by atoms with Crippen molar-refractivity contribution in [1.82, 2.24) is 4.90 Å². The number of hydrogen-bond acceptors (Lipinski definition) is 5. The van der Waals surface area contributed by atoms with Crippen molar-refractivity contribution < 1.29 is 27.9 Å². The average molecular weight is 569 g/mol. The van der Waals surface area contributed by atoms with E-state index in [-0.39, 0.29) is 11.7 Å². The second-order valence-corrected chi connectivity index (χ2v) is 14.4. The van der Waals surface area contributed by atoms with Gasteiger partial charge in [0.1, 0.15) is 12.2 Å². The number of carbonyl (C=O) groups is 2. The van der Waals surface area contributed by atoms with Crippen molar-refractivity contribution in [3.63, 3.8) is 0 Å². The van der Waals surface area contributed by atoms with Gasteiger partial charge in [-0.2, -0.15) is 0 Å². The maximum atomic E-state index is 14.0. The first-order valence-corrected chi connectivity index (χ1v) is 14.6. The highest BCUT2D eigenvalue weighted by Gasteiger charge is 2.52. The number of halogens is 2. The van der Waals surface area contributed by atoms with Crippen LogP contribution in [0.2, 0.25) is 10.0 Å². The summed E-state index contributed by atoms with van der Waals surface area (Å²) in [5, 5.41) is 10.5. The summed E-state index contributed by atoms with van der Waals surface area (Å²) in [5.74, 6) is -1.95. The number of carboxylic acids is 1. The molecular formula is C27H31Cl2NO6S. The van der Waals surface area contributed by atoms with Crippen LogP contribution in [0.3, 0.4) is 0 Å². The van der Waals surface area contributed by atoms with E-state index in [1.54, 1.807) is 68.1 Å². The fourth-order valence-corrected chi connectivity index (χ4v) is 6.47. The van der Waals surface area contributed by atoms with Crippen LogP contribution in [0.1, 0.15) is 63.3 Å². The van der Waals surface area contributed by atoms with Gasteiger partial charge in [0.2, 0.25) is 0 Å². The molecule has 0 radical (unpaired) electrons. The largest absolute Gasteiger partial charge is 0.481 e. The highest BCUT2D eigenvalue weighted by atomic mass is 35.5. The van der Waals surface area contributed by atoms with Crippen LogP contribution in [0.15, 0.2) is 48.5 Å². The monoisotopic (exact) mass is 567 g/mol. The van der Waals surface area contributed by atoms with Gasteiger partial charge < -0.3 is 14.7 Å². The van der Waals surface area contributed by atoms with Gasteiger partial charge in [0.05, 0.1) is 23.0 Å². The minimum Gasteiger partial charge on any atom is -0.481 e. The Morgan fingerprint density at radius 2 is 1.73 bits per heavy atom. The molecule has 7 nitrogen and oxygen atoms in total. The molecule has 0 aromatic heterocycles. The number of benzene rings is 2. The number of amides is 1. The number of morpholine rings is 1.